The van der Waals surface area contributed by atoms with Crippen molar-refractivity contribution in [1.29, 1.82) is 0 Å². The van der Waals surface area contributed by atoms with Crippen LogP contribution in [0, 0.1) is 0 Å². The van der Waals surface area contributed by atoms with Gasteiger partial charge in [0.05, 0.1) is 16.2 Å². The summed E-state index contributed by atoms with van der Waals surface area (Å²) in [5.74, 6) is -0.0944. The third-order valence-electron chi connectivity index (χ3n) is 3.59. The van der Waals surface area contributed by atoms with Crippen LogP contribution in [0.25, 0.3) is 22.2 Å². The number of hydrogen-bond donors (Lipinski definition) is 1. The molecule has 0 aliphatic rings. The molecule has 3 aromatic rings. The Morgan fingerprint density at radius 3 is 2.58 bits per heavy atom. The molecule has 0 atom stereocenters. The summed E-state index contributed by atoms with van der Waals surface area (Å²) in [5, 5.41) is 6.83. The first-order chi connectivity index (χ1) is 11.2. The Balaban J connectivity index is 2.22. The molecule has 0 aliphatic heterocycles. The maximum Gasteiger partial charge on any atom is 0.433 e. The Morgan fingerprint density at radius 2 is 1.92 bits per heavy atom. The SMILES string of the molecule is CCS(=O)(=O)c1ccccc1-c1n[nH]c2cc(C(F)(F)F)ncc12. The van der Waals surface area contributed by atoms with Crippen LogP contribution >= 0.6 is 0 Å². The Labute approximate surface area is 135 Å². The molecular weight excluding hydrogens is 343 g/mol. The Kier molecular flexibility index (Phi) is 3.83. The number of alkyl halides is 3. The largest absolute Gasteiger partial charge is 0.433 e. The van der Waals surface area contributed by atoms with Gasteiger partial charge in [0, 0.05) is 17.1 Å². The highest BCUT2D eigenvalue weighted by Gasteiger charge is 2.33. The summed E-state index contributed by atoms with van der Waals surface area (Å²) >= 11 is 0. The molecule has 0 saturated carbocycles. The van der Waals surface area contributed by atoms with E-state index in [0.29, 0.717) is 10.9 Å². The van der Waals surface area contributed by atoms with E-state index in [9.17, 15) is 21.6 Å². The van der Waals surface area contributed by atoms with E-state index in [1.807, 2.05) is 0 Å². The van der Waals surface area contributed by atoms with Gasteiger partial charge in [-0.2, -0.15) is 18.3 Å². The molecule has 3 rings (SSSR count). The number of halogens is 3. The lowest BCUT2D eigenvalue weighted by molar-refractivity contribution is -0.141. The lowest BCUT2D eigenvalue weighted by Gasteiger charge is -2.08. The van der Waals surface area contributed by atoms with E-state index < -0.39 is 21.7 Å². The van der Waals surface area contributed by atoms with Gasteiger partial charge in [0.1, 0.15) is 11.4 Å². The van der Waals surface area contributed by atoms with Crippen molar-refractivity contribution in [3.8, 4) is 11.3 Å². The Morgan fingerprint density at radius 1 is 1.21 bits per heavy atom. The molecular formula is C15H12F3N3O2S. The van der Waals surface area contributed by atoms with Crippen LogP contribution in [0.5, 0.6) is 0 Å². The molecule has 2 heterocycles. The topological polar surface area (TPSA) is 75.7 Å². The smallest absolute Gasteiger partial charge is 0.277 e. The number of aromatic nitrogens is 3. The minimum Gasteiger partial charge on any atom is -0.277 e. The van der Waals surface area contributed by atoms with E-state index in [4.69, 9.17) is 0 Å². The summed E-state index contributed by atoms with van der Waals surface area (Å²) in [6.45, 7) is 1.52. The standard InChI is InChI=1S/C15H12F3N3O2S/c1-2-24(22,23)12-6-4-3-5-9(12)14-10-8-19-13(15(16,17)18)7-11(10)20-21-14/h3-8H,2H2,1H3,(H,20,21). The second-order valence-corrected chi connectivity index (χ2v) is 7.33. The molecule has 0 aliphatic carbocycles. The van der Waals surface area contributed by atoms with E-state index in [1.54, 1.807) is 18.2 Å². The highest BCUT2D eigenvalue weighted by Crippen LogP contribution is 2.34. The van der Waals surface area contributed by atoms with Crippen LogP contribution in [-0.2, 0) is 16.0 Å². The zero-order chi connectivity index (χ0) is 17.5. The predicted octanol–water partition coefficient (Wildman–Crippen LogP) is 3.44. The number of rotatable bonds is 3. The summed E-state index contributed by atoms with van der Waals surface area (Å²) in [7, 11) is -3.51. The summed E-state index contributed by atoms with van der Waals surface area (Å²) in [6.07, 6.45) is -3.52. The Hall–Kier alpha value is -2.42. The highest BCUT2D eigenvalue weighted by molar-refractivity contribution is 7.91. The van der Waals surface area contributed by atoms with Crippen LogP contribution in [0.15, 0.2) is 41.4 Å². The lowest BCUT2D eigenvalue weighted by atomic mass is 10.1. The highest BCUT2D eigenvalue weighted by atomic mass is 32.2. The number of aromatic amines is 1. The molecule has 0 unspecified atom stereocenters. The van der Waals surface area contributed by atoms with Gasteiger partial charge in [0.25, 0.3) is 0 Å². The fourth-order valence-corrected chi connectivity index (χ4v) is 3.46. The van der Waals surface area contributed by atoms with Gasteiger partial charge in [0.15, 0.2) is 9.84 Å². The fourth-order valence-electron chi connectivity index (χ4n) is 2.36. The third-order valence-corrected chi connectivity index (χ3v) is 5.38. The van der Waals surface area contributed by atoms with Crippen molar-refractivity contribution < 1.29 is 21.6 Å². The first kappa shape index (κ1) is 16.4. The van der Waals surface area contributed by atoms with Gasteiger partial charge in [-0.1, -0.05) is 25.1 Å². The van der Waals surface area contributed by atoms with Crippen LogP contribution in [-0.4, -0.2) is 29.4 Å². The van der Waals surface area contributed by atoms with Crippen LogP contribution in [0.2, 0.25) is 0 Å². The number of nitrogens with zero attached hydrogens (tertiary/aromatic N) is 2. The molecule has 126 valence electrons. The first-order valence-electron chi connectivity index (χ1n) is 6.97. The monoisotopic (exact) mass is 355 g/mol. The number of pyridine rings is 1. The van der Waals surface area contributed by atoms with Crippen molar-refractivity contribution in [2.45, 2.75) is 18.0 Å². The normalized spacial score (nSPS) is 12.7. The van der Waals surface area contributed by atoms with E-state index in [1.165, 1.54) is 13.0 Å². The molecule has 0 bridgehead atoms. The average Bonchev–Trinajstić information content (AvgIpc) is 2.97. The van der Waals surface area contributed by atoms with Crippen molar-refractivity contribution in [3.05, 3.63) is 42.2 Å². The second-order valence-electron chi connectivity index (χ2n) is 5.08. The van der Waals surface area contributed by atoms with E-state index in [0.717, 1.165) is 12.3 Å². The molecule has 0 radical (unpaired) electrons. The molecule has 0 fully saturated rings. The quantitative estimate of drug-likeness (QED) is 0.781. The zero-order valence-electron chi connectivity index (χ0n) is 12.4. The Bertz CT molecular complexity index is 1010. The molecule has 2 aromatic heterocycles. The van der Waals surface area contributed by atoms with Gasteiger partial charge >= 0.3 is 6.18 Å². The van der Waals surface area contributed by atoms with Crippen LogP contribution in [0.4, 0.5) is 13.2 Å². The van der Waals surface area contributed by atoms with Gasteiger partial charge in [-0.15, -0.1) is 0 Å². The molecule has 0 saturated heterocycles. The number of nitrogens with one attached hydrogen (secondary N) is 1. The van der Waals surface area contributed by atoms with E-state index >= 15 is 0 Å². The van der Waals surface area contributed by atoms with Gasteiger partial charge in [-0.25, -0.2) is 8.42 Å². The predicted molar refractivity (Wildman–Crippen MR) is 82.1 cm³/mol. The minimum atomic E-state index is -4.57. The van der Waals surface area contributed by atoms with E-state index in [2.05, 4.69) is 15.2 Å². The molecule has 9 heteroatoms. The van der Waals surface area contributed by atoms with Gasteiger partial charge < -0.3 is 0 Å². The lowest BCUT2D eigenvalue weighted by Crippen LogP contribution is -2.07. The number of hydrogen-bond acceptors (Lipinski definition) is 4. The minimum absolute atomic E-state index is 0.0841. The maximum atomic E-state index is 12.7. The molecule has 1 aromatic carbocycles. The van der Waals surface area contributed by atoms with E-state index in [-0.39, 0.29) is 21.9 Å². The summed E-state index contributed by atoms with van der Waals surface area (Å²) in [6, 6.07) is 7.09. The second kappa shape index (κ2) is 5.59. The summed E-state index contributed by atoms with van der Waals surface area (Å²) < 4.78 is 62.7. The molecule has 1 N–H and O–H groups in total. The van der Waals surface area contributed by atoms with Gasteiger partial charge in [-0.05, 0) is 12.1 Å². The van der Waals surface area contributed by atoms with Crippen molar-refractivity contribution >= 4 is 20.7 Å². The van der Waals surface area contributed by atoms with Crippen LogP contribution in [0.3, 0.4) is 0 Å². The van der Waals surface area contributed by atoms with Gasteiger partial charge in [-0.3, -0.25) is 10.1 Å². The van der Waals surface area contributed by atoms with Crippen molar-refractivity contribution in [2.24, 2.45) is 0 Å². The number of benzene rings is 1. The maximum absolute atomic E-state index is 12.7. The van der Waals surface area contributed by atoms with Crippen molar-refractivity contribution in [2.75, 3.05) is 5.75 Å². The zero-order valence-corrected chi connectivity index (χ0v) is 13.2. The third kappa shape index (κ3) is 2.75. The van der Waals surface area contributed by atoms with Crippen molar-refractivity contribution in [1.82, 2.24) is 15.2 Å². The number of H-pyrrole nitrogens is 1. The van der Waals surface area contributed by atoms with Crippen LogP contribution < -0.4 is 0 Å². The molecule has 5 nitrogen and oxygen atoms in total. The molecule has 0 spiro atoms. The first-order valence-corrected chi connectivity index (χ1v) is 8.62. The fraction of sp³-hybridized carbons (Fsp3) is 0.200. The molecule has 0 amide bonds. The van der Waals surface area contributed by atoms with Gasteiger partial charge in [0.2, 0.25) is 0 Å². The van der Waals surface area contributed by atoms with Crippen molar-refractivity contribution in [3.63, 3.8) is 0 Å². The summed E-state index contributed by atoms with van der Waals surface area (Å²) in [4.78, 5) is 3.50. The average molecular weight is 355 g/mol. The summed E-state index contributed by atoms with van der Waals surface area (Å²) in [5.41, 5.74) is -0.332. The number of fused-ring (bicyclic) bond motifs is 1. The number of sulfone groups is 1. The molecule has 24 heavy (non-hydrogen) atoms. The van der Waals surface area contributed by atoms with Crippen LogP contribution in [0.1, 0.15) is 12.6 Å².